The number of aromatic nitrogens is 1. The number of hydrogen-bond acceptors (Lipinski definition) is 4. The van der Waals surface area contributed by atoms with Gasteiger partial charge in [-0.3, -0.25) is 4.79 Å². The summed E-state index contributed by atoms with van der Waals surface area (Å²) in [5, 5.41) is 0.828. The summed E-state index contributed by atoms with van der Waals surface area (Å²) in [6, 6.07) is 7.34. The molecule has 0 saturated heterocycles. The molecule has 0 amide bonds. The van der Waals surface area contributed by atoms with Crippen molar-refractivity contribution in [2.75, 3.05) is 14.1 Å². The largest absolute Gasteiger partial charge is 0.383 e. The maximum Gasteiger partial charge on any atom is 0.204 e. The number of halogens is 1. The summed E-state index contributed by atoms with van der Waals surface area (Å²) in [6.07, 6.45) is 5.43. The van der Waals surface area contributed by atoms with Crippen molar-refractivity contribution in [3.63, 3.8) is 0 Å². The molecular weight excluding hydrogens is 324 g/mol. The van der Waals surface area contributed by atoms with Gasteiger partial charge in [0.15, 0.2) is 0 Å². The molecule has 0 aliphatic rings. The van der Waals surface area contributed by atoms with Gasteiger partial charge in [0.25, 0.3) is 0 Å². The van der Waals surface area contributed by atoms with E-state index in [-0.39, 0.29) is 5.78 Å². The van der Waals surface area contributed by atoms with Crippen molar-refractivity contribution in [1.29, 1.82) is 0 Å². The van der Waals surface area contributed by atoms with E-state index in [2.05, 4.69) is 20.9 Å². The fourth-order valence-corrected chi connectivity index (χ4v) is 2.47. The average molecular weight is 337 g/mol. The second-order valence-electron chi connectivity index (χ2n) is 4.18. The number of carbonyl (C=O) groups is 1. The fraction of sp³-hybridized carbons (Fsp3) is 0.143. The zero-order valence-corrected chi connectivity index (χ0v) is 13.0. The monoisotopic (exact) mass is 336 g/mol. The van der Waals surface area contributed by atoms with Crippen molar-refractivity contribution in [2.45, 2.75) is 0 Å². The number of benzene rings is 1. The highest BCUT2D eigenvalue weighted by atomic mass is 79.9. The van der Waals surface area contributed by atoms with E-state index < -0.39 is 0 Å². The Kier molecular flexibility index (Phi) is 4.50. The van der Waals surface area contributed by atoms with Crippen molar-refractivity contribution < 1.29 is 4.79 Å². The van der Waals surface area contributed by atoms with E-state index in [0.29, 0.717) is 10.4 Å². The number of carbonyl (C=O) groups excluding carboxylic acids is 1. The topological polar surface area (TPSA) is 33.2 Å². The molecule has 0 radical (unpaired) electrons. The minimum atomic E-state index is 0.00880. The molecule has 2 rings (SSSR count). The van der Waals surface area contributed by atoms with Gasteiger partial charge in [-0.1, -0.05) is 15.9 Å². The van der Waals surface area contributed by atoms with Crippen LogP contribution in [0.5, 0.6) is 0 Å². The SMILES string of the molecule is CN(C)/C=C\c1ncc(C(=O)c2ccc(Br)cc2)s1. The van der Waals surface area contributed by atoms with Crippen molar-refractivity contribution in [2.24, 2.45) is 0 Å². The van der Waals surface area contributed by atoms with Crippen molar-refractivity contribution in [3.8, 4) is 0 Å². The molecule has 0 aliphatic carbocycles. The second kappa shape index (κ2) is 6.12. The van der Waals surface area contributed by atoms with Crippen molar-refractivity contribution in [1.82, 2.24) is 9.88 Å². The number of thiazole rings is 1. The van der Waals surface area contributed by atoms with Gasteiger partial charge in [-0.05, 0) is 30.3 Å². The summed E-state index contributed by atoms with van der Waals surface area (Å²) in [4.78, 5) is 19.0. The number of nitrogens with zero attached hydrogens (tertiary/aromatic N) is 2. The predicted octanol–water partition coefficient (Wildman–Crippen LogP) is 3.67. The Hall–Kier alpha value is -1.46. The van der Waals surface area contributed by atoms with Crippen LogP contribution in [0.15, 0.2) is 41.1 Å². The first-order valence-electron chi connectivity index (χ1n) is 5.67. The fourth-order valence-electron chi connectivity index (χ4n) is 1.43. The summed E-state index contributed by atoms with van der Waals surface area (Å²) < 4.78 is 0.961. The molecule has 1 aromatic heterocycles. The third kappa shape index (κ3) is 3.75. The van der Waals surface area contributed by atoms with Crippen LogP contribution in [0.2, 0.25) is 0 Å². The zero-order valence-electron chi connectivity index (χ0n) is 10.6. The molecule has 0 bridgehead atoms. The lowest BCUT2D eigenvalue weighted by Crippen LogP contribution is -1.99. The summed E-state index contributed by atoms with van der Waals surface area (Å²) in [5.41, 5.74) is 0.676. The first-order chi connectivity index (χ1) is 9.06. The molecule has 0 spiro atoms. The second-order valence-corrected chi connectivity index (χ2v) is 6.16. The molecular formula is C14H13BrN2OS. The first-order valence-corrected chi connectivity index (χ1v) is 7.28. The van der Waals surface area contributed by atoms with Crippen molar-refractivity contribution in [3.05, 3.63) is 56.6 Å². The summed E-state index contributed by atoms with van der Waals surface area (Å²) in [7, 11) is 3.88. The van der Waals surface area contributed by atoms with Crippen molar-refractivity contribution >= 4 is 39.1 Å². The van der Waals surface area contributed by atoms with Crippen LogP contribution in [0.25, 0.3) is 6.08 Å². The van der Waals surface area contributed by atoms with Gasteiger partial charge in [0.1, 0.15) is 5.01 Å². The Bertz CT molecular complexity index is 602. The van der Waals surface area contributed by atoms with Crippen LogP contribution in [-0.4, -0.2) is 29.8 Å². The lowest BCUT2D eigenvalue weighted by molar-refractivity contribution is 0.104. The molecule has 0 N–H and O–H groups in total. The highest BCUT2D eigenvalue weighted by molar-refractivity contribution is 9.10. The molecule has 1 heterocycles. The van der Waals surface area contributed by atoms with E-state index >= 15 is 0 Å². The van der Waals surface area contributed by atoms with E-state index in [1.807, 2.05) is 55.5 Å². The van der Waals surface area contributed by atoms with Crippen LogP contribution >= 0.6 is 27.3 Å². The Labute approximate surface area is 124 Å². The lowest BCUT2D eigenvalue weighted by Gasteiger charge is -2.01. The minimum Gasteiger partial charge on any atom is -0.383 e. The zero-order chi connectivity index (χ0) is 13.8. The van der Waals surface area contributed by atoms with Gasteiger partial charge < -0.3 is 4.90 Å². The van der Waals surface area contributed by atoms with Gasteiger partial charge in [0.2, 0.25) is 5.78 Å². The van der Waals surface area contributed by atoms with Gasteiger partial charge in [-0.2, -0.15) is 0 Å². The van der Waals surface area contributed by atoms with Crippen LogP contribution in [0.3, 0.4) is 0 Å². The minimum absolute atomic E-state index is 0.00880. The average Bonchev–Trinajstić information content (AvgIpc) is 2.85. The number of hydrogen-bond donors (Lipinski definition) is 0. The standard InChI is InChI=1S/C14H13BrN2OS/c1-17(2)8-7-13-16-9-12(19-13)14(18)10-3-5-11(15)6-4-10/h3-9H,1-2H3/b8-7-. The molecule has 19 heavy (non-hydrogen) atoms. The maximum absolute atomic E-state index is 12.2. The van der Waals surface area contributed by atoms with E-state index in [1.165, 1.54) is 11.3 Å². The van der Waals surface area contributed by atoms with Gasteiger partial charge in [-0.15, -0.1) is 11.3 Å². The third-order valence-corrected chi connectivity index (χ3v) is 3.86. The molecule has 2 aromatic rings. The predicted molar refractivity (Wildman–Crippen MR) is 82.4 cm³/mol. The number of ketones is 1. The summed E-state index contributed by atoms with van der Waals surface area (Å²) >= 11 is 4.75. The van der Waals surface area contributed by atoms with Crippen LogP contribution in [-0.2, 0) is 0 Å². The molecule has 0 fully saturated rings. The normalized spacial score (nSPS) is 10.9. The quantitative estimate of drug-likeness (QED) is 0.798. The third-order valence-electron chi connectivity index (χ3n) is 2.37. The van der Waals surface area contributed by atoms with E-state index in [1.54, 1.807) is 6.20 Å². The smallest absolute Gasteiger partial charge is 0.204 e. The molecule has 0 saturated carbocycles. The Morgan fingerprint density at radius 1 is 1.32 bits per heavy atom. The molecule has 3 nitrogen and oxygen atoms in total. The molecule has 0 atom stereocenters. The van der Waals surface area contributed by atoms with Gasteiger partial charge in [0, 0.05) is 36.5 Å². The van der Waals surface area contributed by atoms with Crippen LogP contribution < -0.4 is 0 Å². The molecule has 1 aromatic carbocycles. The van der Waals surface area contributed by atoms with Crippen LogP contribution in [0.1, 0.15) is 20.2 Å². The van der Waals surface area contributed by atoms with Crippen LogP contribution in [0.4, 0.5) is 0 Å². The number of rotatable bonds is 4. The van der Waals surface area contributed by atoms with Gasteiger partial charge in [0.05, 0.1) is 4.88 Å². The van der Waals surface area contributed by atoms with E-state index in [0.717, 1.165) is 9.48 Å². The Morgan fingerprint density at radius 3 is 2.63 bits per heavy atom. The summed E-state index contributed by atoms with van der Waals surface area (Å²) in [5.74, 6) is 0.00880. The van der Waals surface area contributed by atoms with Gasteiger partial charge in [-0.25, -0.2) is 4.98 Å². The maximum atomic E-state index is 12.2. The molecule has 98 valence electrons. The Morgan fingerprint density at radius 2 is 2.00 bits per heavy atom. The molecule has 0 unspecified atom stereocenters. The van der Waals surface area contributed by atoms with Gasteiger partial charge >= 0.3 is 0 Å². The van der Waals surface area contributed by atoms with E-state index in [9.17, 15) is 4.79 Å². The highest BCUT2D eigenvalue weighted by Crippen LogP contribution is 2.20. The lowest BCUT2D eigenvalue weighted by atomic mass is 10.1. The first kappa shape index (κ1) is 14.0. The van der Waals surface area contributed by atoms with Crippen LogP contribution in [0, 0.1) is 0 Å². The molecule has 0 aliphatic heterocycles. The summed E-state index contributed by atoms with van der Waals surface area (Å²) in [6.45, 7) is 0. The van der Waals surface area contributed by atoms with E-state index in [4.69, 9.17) is 0 Å². The Balaban J connectivity index is 2.18. The molecule has 5 heteroatoms. The highest BCUT2D eigenvalue weighted by Gasteiger charge is 2.12.